The van der Waals surface area contributed by atoms with E-state index in [0.29, 0.717) is 24.4 Å². The van der Waals surface area contributed by atoms with E-state index in [2.05, 4.69) is 17.0 Å². The van der Waals surface area contributed by atoms with Crippen LogP contribution in [0.25, 0.3) is 0 Å². The predicted octanol–water partition coefficient (Wildman–Crippen LogP) is 2.97. The van der Waals surface area contributed by atoms with Crippen molar-refractivity contribution < 1.29 is 14.3 Å². The van der Waals surface area contributed by atoms with Crippen molar-refractivity contribution in [2.24, 2.45) is 0 Å². The third-order valence-corrected chi connectivity index (χ3v) is 4.70. The maximum Gasteiger partial charge on any atom is 0.257 e. The highest BCUT2D eigenvalue weighted by Gasteiger charge is 2.25. The van der Waals surface area contributed by atoms with E-state index < -0.39 is 0 Å². The summed E-state index contributed by atoms with van der Waals surface area (Å²) in [6.07, 6.45) is 0. The van der Waals surface area contributed by atoms with Gasteiger partial charge in [0.05, 0.1) is 19.8 Å². The van der Waals surface area contributed by atoms with Crippen LogP contribution in [0.1, 0.15) is 15.9 Å². The van der Waals surface area contributed by atoms with Gasteiger partial charge in [0.15, 0.2) is 0 Å². The largest absolute Gasteiger partial charge is 0.496 e. The van der Waals surface area contributed by atoms with Gasteiger partial charge in [-0.3, -0.25) is 4.79 Å². The average Bonchev–Trinajstić information content (AvgIpc) is 2.68. The second kappa shape index (κ2) is 7.47. The number of amides is 1. The molecule has 132 valence electrons. The molecule has 0 bridgehead atoms. The molecule has 5 nitrogen and oxygen atoms in total. The Labute approximate surface area is 148 Å². The minimum Gasteiger partial charge on any atom is -0.496 e. The van der Waals surface area contributed by atoms with Gasteiger partial charge in [0.2, 0.25) is 0 Å². The molecule has 0 aliphatic carbocycles. The first kappa shape index (κ1) is 17.1. The zero-order valence-corrected chi connectivity index (χ0v) is 15.0. The molecule has 1 aliphatic heterocycles. The highest BCUT2D eigenvalue weighted by atomic mass is 16.5. The zero-order valence-electron chi connectivity index (χ0n) is 15.0. The lowest BCUT2D eigenvalue weighted by atomic mass is 10.1. The van der Waals surface area contributed by atoms with Crippen LogP contribution in [-0.2, 0) is 0 Å². The first-order valence-corrected chi connectivity index (χ1v) is 8.46. The van der Waals surface area contributed by atoms with Gasteiger partial charge in [0, 0.05) is 37.4 Å². The molecule has 1 saturated heterocycles. The molecule has 25 heavy (non-hydrogen) atoms. The molecule has 0 spiro atoms. The molecule has 1 aliphatic rings. The Bertz CT molecular complexity index is 738. The van der Waals surface area contributed by atoms with Gasteiger partial charge in [-0.1, -0.05) is 18.2 Å². The SMILES string of the molecule is COc1ccc(C(=O)N2CCN(c3ccccc3)CC2)c(OC)c1C. The van der Waals surface area contributed by atoms with Crippen LogP contribution in [0.5, 0.6) is 11.5 Å². The van der Waals surface area contributed by atoms with Gasteiger partial charge in [-0.25, -0.2) is 0 Å². The van der Waals surface area contributed by atoms with E-state index in [-0.39, 0.29) is 5.91 Å². The van der Waals surface area contributed by atoms with Gasteiger partial charge in [-0.15, -0.1) is 0 Å². The molecule has 0 saturated carbocycles. The summed E-state index contributed by atoms with van der Waals surface area (Å²) in [5.74, 6) is 1.33. The molecule has 0 atom stereocenters. The van der Waals surface area contributed by atoms with E-state index in [1.165, 1.54) is 5.69 Å². The average molecular weight is 340 g/mol. The molecule has 2 aromatic carbocycles. The summed E-state index contributed by atoms with van der Waals surface area (Å²) in [7, 11) is 3.21. The number of carbonyl (C=O) groups is 1. The number of nitrogens with zero attached hydrogens (tertiary/aromatic N) is 2. The number of para-hydroxylation sites is 1. The van der Waals surface area contributed by atoms with Gasteiger partial charge in [-0.05, 0) is 31.2 Å². The fraction of sp³-hybridized carbons (Fsp3) is 0.350. The smallest absolute Gasteiger partial charge is 0.257 e. The van der Waals surface area contributed by atoms with Crippen LogP contribution in [0.3, 0.4) is 0 Å². The molecular formula is C20H24N2O3. The van der Waals surface area contributed by atoms with Gasteiger partial charge in [0.1, 0.15) is 11.5 Å². The normalized spacial score (nSPS) is 14.4. The van der Waals surface area contributed by atoms with Crippen LogP contribution in [0.15, 0.2) is 42.5 Å². The molecular weight excluding hydrogens is 316 g/mol. The van der Waals surface area contributed by atoms with E-state index in [0.717, 1.165) is 24.4 Å². The summed E-state index contributed by atoms with van der Waals surface area (Å²) >= 11 is 0. The zero-order chi connectivity index (χ0) is 17.8. The molecule has 0 unspecified atom stereocenters. The number of methoxy groups -OCH3 is 2. The number of hydrogen-bond donors (Lipinski definition) is 0. The van der Waals surface area contributed by atoms with E-state index >= 15 is 0 Å². The Kier molecular flexibility index (Phi) is 5.12. The highest BCUT2D eigenvalue weighted by molar-refractivity contribution is 5.98. The Morgan fingerprint density at radius 1 is 0.920 bits per heavy atom. The molecule has 0 N–H and O–H groups in total. The summed E-state index contributed by atoms with van der Waals surface area (Å²) in [5, 5.41) is 0. The van der Waals surface area contributed by atoms with Crippen LogP contribution in [-0.4, -0.2) is 51.2 Å². The molecule has 0 radical (unpaired) electrons. The molecule has 1 heterocycles. The van der Waals surface area contributed by atoms with Crippen molar-refractivity contribution in [3.8, 4) is 11.5 Å². The molecule has 3 rings (SSSR count). The van der Waals surface area contributed by atoms with Gasteiger partial charge in [0.25, 0.3) is 5.91 Å². The van der Waals surface area contributed by atoms with Crippen molar-refractivity contribution >= 4 is 11.6 Å². The lowest BCUT2D eigenvalue weighted by molar-refractivity contribution is 0.0743. The molecule has 1 amide bonds. The minimum absolute atomic E-state index is 0.00955. The fourth-order valence-corrected chi connectivity index (χ4v) is 3.30. The van der Waals surface area contributed by atoms with Crippen molar-refractivity contribution in [2.45, 2.75) is 6.92 Å². The maximum atomic E-state index is 13.0. The second-order valence-electron chi connectivity index (χ2n) is 6.09. The van der Waals surface area contributed by atoms with Crippen LogP contribution in [0.2, 0.25) is 0 Å². The van der Waals surface area contributed by atoms with Crippen molar-refractivity contribution in [3.05, 3.63) is 53.6 Å². The lowest BCUT2D eigenvalue weighted by Crippen LogP contribution is -2.48. The Balaban J connectivity index is 1.74. The van der Waals surface area contributed by atoms with Crippen molar-refractivity contribution in [2.75, 3.05) is 45.3 Å². The number of carbonyl (C=O) groups excluding carboxylic acids is 1. The summed E-state index contributed by atoms with van der Waals surface area (Å²) in [6.45, 7) is 4.95. The number of anilines is 1. The first-order chi connectivity index (χ1) is 12.2. The van der Waals surface area contributed by atoms with E-state index in [9.17, 15) is 4.79 Å². The van der Waals surface area contributed by atoms with Crippen molar-refractivity contribution in [1.82, 2.24) is 4.90 Å². The highest BCUT2D eigenvalue weighted by Crippen LogP contribution is 2.32. The number of piperazine rings is 1. The van der Waals surface area contributed by atoms with Crippen LogP contribution in [0, 0.1) is 6.92 Å². The number of rotatable bonds is 4. The summed E-state index contributed by atoms with van der Waals surface area (Å²) < 4.78 is 10.8. The monoisotopic (exact) mass is 340 g/mol. The van der Waals surface area contributed by atoms with E-state index in [4.69, 9.17) is 9.47 Å². The topological polar surface area (TPSA) is 42.0 Å². The fourth-order valence-electron chi connectivity index (χ4n) is 3.30. The Morgan fingerprint density at radius 3 is 2.20 bits per heavy atom. The van der Waals surface area contributed by atoms with Crippen molar-refractivity contribution in [1.29, 1.82) is 0 Å². The standard InChI is InChI=1S/C20H24N2O3/c1-15-18(24-2)10-9-17(19(15)25-3)20(23)22-13-11-21(12-14-22)16-7-5-4-6-8-16/h4-10H,11-14H2,1-3H3. The number of benzene rings is 2. The molecule has 1 fully saturated rings. The van der Waals surface area contributed by atoms with Crippen LogP contribution >= 0.6 is 0 Å². The van der Waals surface area contributed by atoms with E-state index in [1.807, 2.05) is 36.1 Å². The lowest BCUT2D eigenvalue weighted by Gasteiger charge is -2.36. The third-order valence-electron chi connectivity index (χ3n) is 4.70. The molecule has 5 heteroatoms. The quantitative estimate of drug-likeness (QED) is 0.858. The third kappa shape index (κ3) is 3.40. The Morgan fingerprint density at radius 2 is 1.60 bits per heavy atom. The minimum atomic E-state index is 0.00955. The summed E-state index contributed by atoms with van der Waals surface area (Å²) in [5.41, 5.74) is 2.64. The second-order valence-corrected chi connectivity index (χ2v) is 6.09. The Hall–Kier alpha value is -2.69. The van der Waals surface area contributed by atoms with Crippen LogP contribution in [0.4, 0.5) is 5.69 Å². The summed E-state index contributed by atoms with van der Waals surface area (Å²) in [4.78, 5) is 17.2. The molecule has 2 aromatic rings. The predicted molar refractivity (Wildman–Crippen MR) is 98.8 cm³/mol. The van der Waals surface area contributed by atoms with Gasteiger partial charge in [-0.2, -0.15) is 0 Å². The van der Waals surface area contributed by atoms with Crippen molar-refractivity contribution in [3.63, 3.8) is 0 Å². The van der Waals surface area contributed by atoms with Gasteiger partial charge >= 0.3 is 0 Å². The number of ether oxygens (including phenoxy) is 2. The number of hydrogen-bond acceptors (Lipinski definition) is 4. The maximum absolute atomic E-state index is 13.0. The first-order valence-electron chi connectivity index (χ1n) is 8.46. The van der Waals surface area contributed by atoms with Gasteiger partial charge < -0.3 is 19.3 Å². The summed E-state index contributed by atoms with van der Waals surface area (Å²) in [6, 6.07) is 13.9. The van der Waals surface area contributed by atoms with Crippen LogP contribution < -0.4 is 14.4 Å². The molecule has 0 aromatic heterocycles. The van der Waals surface area contributed by atoms with E-state index in [1.54, 1.807) is 20.3 Å².